The van der Waals surface area contributed by atoms with Crippen molar-refractivity contribution in [1.29, 1.82) is 0 Å². The van der Waals surface area contributed by atoms with Gasteiger partial charge in [-0.2, -0.15) is 0 Å². The Bertz CT molecular complexity index is 338. The van der Waals surface area contributed by atoms with Crippen LogP contribution in [0.4, 0.5) is 4.39 Å². The van der Waals surface area contributed by atoms with Gasteiger partial charge in [0, 0.05) is 10.6 Å². The number of alkyl halides is 1. The molecule has 1 aromatic carbocycles. The van der Waals surface area contributed by atoms with Gasteiger partial charge in [0.2, 0.25) is 6.17 Å². The number of rotatable bonds is 2. The van der Waals surface area contributed by atoms with Crippen LogP contribution in [0.3, 0.4) is 0 Å². The van der Waals surface area contributed by atoms with E-state index in [0.29, 0.717) is 0 Å². The summed E-state index contributed by atoms with van der Waals surface area (Å²) in [6, 6.07) is 4.61. The Morgan fingerprint density at radius 1 is 1.62 bits per heavy atom. The standard InChI is InChI=1S/C9H8ClFO2/c1-5-2-3-7(10)6(4-5)8(11)9(12)13/h2-4,8H,1H3,(H,12,13). The van der Waals surface area contributed by atoms with Crippen LogP contribution in [-0.2, 0) is 4.79 Å². The van der Waals surface area contributed by atoms with Gasteiger partial charge < -0.3 is 5.11 Å². The minimum absolute atomic E-state index is 0.00849. The van der Waals surface area contributed by atoms with Gasteiger partial charge in [-0.3, -0.25) is 0 Å². The van der Waals surface area contributed by atoms with Gasteiger partial charge in [-0.25, -0.2) is 9.18 Å². The van der Waals surface area contributed by atoms with Crippen LogP contribution in [0.15, 0.2) is 18.2 Å². The van der Waals surface area contributed by atoms with Crippen LogP contribution >= 0.6 is 11.6 Å². The minimum atomic E-state index is -2.05. The summed E-state index contributed by atoms with van der Waals surface area (Å²) >= 11 is 5.63. The quantitative estimate of drug-likeness (QED) is 0.801. The summed E-state index contributed by atoms with van der Waals surface area (Å²) in [7, 11) is 0. The number of hydrogen-bond donors (Lipinski definition) is 1. The lowest BCUT2D eigenvalue weighted by atomic mass is 10.1. The molecule has 0 amide bonds. The van der Waals surface area contributed by atoms with Crippen molar-refractivity contribution >= 4 is 17.6 Å². The summed E-state index contributed by atoms with van der Waals surface area (Å²) < 4.78 is 13.0. The first kappa shape index (κ1) is 9.99. The number of hydrogen-bond acceptors (Lipinski definition) is 1. The first-order chi connectivity index (χ1) is 6.02. The molecule has 0 aliphatic heterocycles. The summed E-state index contributed by atoms with van der Waals surface area (Å²) in [6.07, 6.45) is -2.05. The Morgan fingerprint density at radius 2 is 2.23 bits per heavy atom. The highest BCUT2D eigenvalue weighted by Gasteiger charge is 2.20. The highest BCUT2D eigenvalue weighted by Crippen LogP contribution is 2.26. The molecule has 0 saturated heterocycles. The molecule has 0 aliphatic rings. The fourth-order valence-corrected chi connectivity index (χ4v) is 1.20. The number of aliphatic carboxylic acids is 1. The van der Waals surface area contributed by atoms with Crippen LogP contribution in [0.2, 0.25) is 5.02 Å². The van der Waals surface area contributed by atoms with Gasteiger partial charge in [0.1, 0.15) is 0 Å². The van der Waals surface area contributed by atoms with Crippen molar-refractivity contribution in [1.82, 2.24) is 0 Å². The summed E-state index contributed by atoms with van der Waals surface area (Å²) in [5.74, 6) is -1.52. The predicted octanol–water partition coefficient (Wildman–Crippen LogP) is 2.74. The molecule has 0 spiro atoms. The number of aryl methyl sites for hydroxylation is 1. The molecule has 1 rings (SSSR count). The van der Waals surface area contributed by atoms with Crippen molar-refractivity contribution in [2.24, 2.45) is 0 Å². The zero-order valence-electron chi connectivity index (χ0n) is 6.92. The molecule has 1 N–H and O–H groups in total. The fraction of sp³-hybridized carbons (Fsp3) is 0.222. The molecule has 0 aromatic heterocycles. The summed E-state index contributed by atoms with van der Waals surface area (Å²) in [5.41, 5.74) is 0.789. The third-order valence-electron chi connectivity index (χ3n) is 1.64. The van der Waals surface area contributed by atoms with Gasteiger partial charge in [0.15, 0.2) is 0 Å². The lowest BCUT2D eigenvalue weighted by Gasteiger charge is -2.06. The molecule has 1 unspecified atom stereocenters. The molecule has 2 nitrogen and oxygen atoms in total. The molecular weight excluding hydrogens is 195 g/mol. The third-order valence-corrected chi connectivity index (χ3v) is 1.99. The Kier molecular flexibility index (Phi) is 2.88. The number of carbonyl (C=O) groups is 1. The molecule has 1 atom stereocenters. The molecule has 0 aliphatic carbocycles. The fourth-order valence-electron chi connectivity index (χ4n) is 0.990. The second kappa shape index (κ2) is 3.75. The summed E-state index contributed by atoms with van der Waals surface area (Å²) in [5, 5.41) is 8.56. The van der Waals surface area contributed by atoms with Gasteiger partial charge in [0.25, 0.3) is 0 Å². The van der Waals surface area contributed by atoms with E-state index >= 15 is 0 Å². The van der Waals surface area contributed by atoms with E-state index in [0.717, 1.165) is 5.56 Å². The summed E-state index contributed by atoms with van der Waals surface area (Å²) in [4.78, 5) is 10.3. The Balaban J connectivity index is 3.12. The van der Waals surface area contributed by atoms with Gasteiger partial charge in [0.05, 0.1) is 0 Å². The van der Waals surface area contributed by atoms with Crippen molar-refractivity contribution in [2.75, 3.05) is 0 Å². The van der Waals surface area contributed by atoms with Crippen LogP contribution in [-0.4, -0.2) is 11.1 Å². The maximum Gasteiger partial charge on any atom is 0.343 e. The Labute approximate surface area is 80.0 Å². The summed E-state index contributed by atoms with van der Waals surface area (Å²) in [6.45, 7) is 1.74. The molecule has 0 fully saturated rings. The average Bonchev–Trinajstić information content (AvgIpc) is 2.08. The number of carboxylic acids is 1. The van der Waals surface area contributed by atoms with E-state index < -0.39 is 12.1 Å². The van der Waals surface area contributed by atoms with E-state index in [1.807, 2.05) is 0 Å². The van der Waals surface area contributed by atoms with Gasteiger partial charge in [-0.15, -0.1) is 0 Å². The number of benzene rings is 1. The third kappa shape index (κ3) is 2.18. The Hall–Kier alpha value is -1.09. The van der Waals surface area contributed by atoms with Crippen LogP contribution in [0.25, 0.3) is 0 Å². The zero-order chi connectivity index (χ0) is 10.0. The highest BCUT2D eigenvalue weighted by atomic mass is 35.5. The number of carboxylic acid groups (broad SMARTS) is 1. The normalized spacial score (nSPS) is 12.5. The van der Waals surface area contributed by atoms with Crippen LogP contribution in [0.5, 0.6) is 0 Å². The minimum Gasteiger partial charge on any atom is -0.479 e. The van der Waals surface area contributed by atoms with Gasteiger partial charge in [-0.1, -0.05) is 29.3 Å². The molecule has 0 heterocycles. The molecule has 70 valence electrons. The monoisotopic (exact) mass is 202 g/mol. The highest BCUT2D eigenvalue weighted by molar-refractivity contribution is 6.31. The van der Waals surface area contributed by atoms with Gasteiger partial charge >= 0.3 is 5.97 Å². The molecule has 4 heteroatoms. The van der Waals surface area contributed by atoms with Gasteiger partial charge in [-0.05, 0) is 13.0 Å². The van der Waals surface area contributed by atoms with Crippen LogP contribution in [0, 0.1) is 6.92 Å². The average molecular weight is 203 g/mol. The van der Waals surface area contributed by atoms with E-state index in [2.05, 4.69) is 0 Å². The van der Waals surface area contributed by atoms with Crippen molar-refractivity contribution in [3.8, 4) is 0 Å². The van der Waals surface area contributed by atoms with E-state index in [-0.39, 0.29) is 10.6 Å². The van der Waals surface area contributed by atoms with Crippen molar-refractivity contribution < 1.29 is 14.3 Å². The molecule has 0 bridgehead atoms. The molecule has 1 aromatic rings. The SMILES string of the molecule is Cc1ccc(Cl)c(C(F)C(=O)O)c1. The topological polar surface area (TPSA) is 37.3 Å². The van der Waals surface area contributed by atoms with E-state index in [4.69, 9.17) is 16.7 Å². The lowest BCUT2D eigenvalue weighted by Crippen LogP contribution is -2.06. The smallest absolute Gasteiger partial charge is 0.343 e. The second-order valence-electron chi connectivity index (χ2n) is 2.73. The maximum absolute atomic E-state index is 13.0. The van der Waals surface area contributed by atoms with E-state index in [1.165, 1.54) is 12.1 Å². The second-order valence-corrected chi connectivity index (χ2v) is 3.13. The largest absolute Gasteiger partial charge is 0.479 e. The molecule has 13 heavy (non-hydrogen) atoms. The Morgan fingerprint density at radius 3 is 2.77 bits per heavy atom. The van der Waals surface area contributed by atoms with Crippen molar-refractivity contribution in [3.05, 3.63) is 34.3 Å². The van der Waals surface area contributed by atoms with Crippen LogP contribution in [0.1, 0.15) is 17.3 Å². The number of halogens is 2. The first-order valence-corrected chi connectivity index (χ1v) is 4.03. The molecule has 0 saturated carbocycles. The van der Waals surface area contributed by atoms with E-state index in [9.17, 15) is 9.18 Å². The maximum atomic E-state index is 13.0. The van der Waals surface area contributed by atoms with Crippen molar-refractivity contribution in [3.63, 3.8) is 0 Å². The van der Waals surface area contributed by atoms with E-state index in [1.54, 1.807) is 13.0 Å². The first-order valence-electron chi connectivity index (χ1n) is 3.65. The lowest BCUT2D eigenvalue weighted by molar-refractivity contribution is -0.143. The predicted molar refractivity (Wildman–Crippen MR) is 47.7 cm³/mol. The van der Waals surface area contributed by atoms with Crippen LogP contribution < -0.4 is 0 Å². The zero-order valence-corrected chi connectivity index (χ0v) is 7.68. The van der Waals surface area contributed by atoms with Crippen molar-refractivity contribution in [2.45, 2.75) is 13.1 Å². The molecule has 0 radical (unpaired) electrons. The molecular formula is C9H8ClFO2.